The number of hydrogen-bond acceptors (Lipinski definition) is 5. The van der Waals surface area contributed by atoms with Gasteiger partial charge < -0.3 is 19.1 Å². The van der Waals surface area contributed by atoms with E-state index in [2.05, 4.69) is 5.10 Å². The third-order valence-corrected chi connectivity index (χ3v) is 5.08. The van der Waals surface area contributed by atoms with Crippen molar-refractivity contribution in [3.8, 4) is 5.69 Å². The quantitative estimate of drug-likeness (QED) is 0.765. The van der Waals surface area contributed by atoms with E-state index < -0.39 is 5.79 Å². The van der Waals surface area contributed by atoms with Crippen LogP contribution in [0.1, 0.15) is 32.4 Å². The first-order chi connectivity index (χ1) is 13.5. The van der Waals surface area contributed by atoms with Crippen LogP contribution in [0.15, 0.2) is 42.6 Å². The lowest BCUT2D eigenvalue weighted by atomic mass is 10.2. The van der Waals surface area contributed by atoms with Crippen LogP contribution in [0.5, 0.6) is 0 Å². The molecule has 28 heavy (non-hydrogen) atoms. The molecule has 2 aromatic rings. The number of hydrogen-bond donors (Lipinski definition) is 0. The fourth-order valence-corrected chi connectivity index (χ4v) is 3.76. The van der Waals surface area contributed by atoms with Gasteiger partial charge in [0.15, 0.2) is 5.79 Å². The standard InChI is InChI=1S/C21H27N3O4/c1-21(2)27-15-18(28-21)14-23(20(25)19-9-6-12-26-19)13-17-10-11-22-24(17)16-7-4-3-5-8-16/h3-5,7-8,10-11,18-19H,6,9,12-15H2,1-2H3/t18-,19-/m1/s1. The Balaban J connectivity index is 1.54. The molecule has 0 spiro atoms. The largest absolute Gasteiger partial charge is 0.368 e. The number of nitrogens with zero attached hydrogens (tertiary/aromatic N) is 3. The van der Waals surface area contributed by atoms with Crippen LogP contribution in [0.2, 0.25) is 0 Å². The van der Waals surface area contributed by atoms with Crippen molar-refractivity contribution >= 4 is 5.91 Å². The number of para-hydroxylation sites is 1. The molecule has 7 heteroatoms. The highest BCUT2D eigenvalue weighted by Crippen LogP contribution is 2.25. The number of benzene rings is 1. The molecule has 0 N–H and O–H groups in total. The fourth-order valence-electron chi connectivity index (χ4n) is 3.76. The minimum atomic E-state index is -0.616. The van der Waals surface area contributed by atoms with Gasteiger partial charge in [-0.15, -0.1) is 0 Å². The number of carbonyl (C=O) groups is 1. The molecule has 0 unspecified atom stereocenters. The Kier molecular flexibility index (Phi) is 5.48. The molecule has 2 saturated heterocycles. The molecule has 0 bridgehead atoms. The SMILES string of the molecule is CC1(C)OC[C@@H](CN(Cc2ccnn2-c2ccccc2)C(=O)[C@H]2CCCO2)O1. The van der Waals surface area contributed by atoms with Gasteiger partial charge >= 0.3 is 0 Å². The molecule has 4 rings (SSSR count). The Morgan fingerprint density at radius 3 is 2.79 bits per heavy atom. The molecule has 1 aromatic heterocycles. The maximum Gasteiger partial charge on any atom is 0.252 e. The lowest BCUT2D eigenvalue weighted by Gasteiger charge is -2.28. The van der Waals surface area contributed by atoms with Crippen LogP contribution in [0, 0.1) is 0 Å². The van der Waals surface area contributed by atoms with Gasteiger partial charge in [-0.05, 0) is 44.9 Å². The van der Waals surface area contributed by atoms with Gasteiger partial charge in [-0.3, -0.25) is 4.79 Å². The van der Waals surface area contributed by atoms with Crippen molar-refractivity contribution in [1.82, 2.24) is 14.7 Å². The molecule has 0 radical (unpaired) electrons. The minimum absolute atomic E-state index is 0.00613. The van der Waals surface area contributed by atoms with Crippen LogP contribution >= 0.6 is 0 Å². The summed E-state index contributed by atoms with van der Waals surface area (Å²) in [6.07, 6.45) is 2.91. The van der Waals surface area contributed by atoms with Crippen LogP contribution < -0.4 is 0 Å². The summed E-state index contributed by atoms with van der Waals surface area (Å²) in [7, 11) is 0. The third-order valence-electron chi connectivity index (χ3n) is 5.08. The van der Waals surface area contributed by atoms with Gasteiger partial charge in [-0.25, -0.2) is 4.68 Å². The number of ether oxygens (including phenoxy) is 3. The predicted octanol–water partition coefficient (Wildman–Crippen LogP) is 2.53. The second kappa shape index (κ2) is 8.03. The molecule has 2 aliphatic heterocycles. The van der Waals surface area contributed by atoms with E-state index in [4.69, 9.17) is 14.2 Å². The lowest BCUT2D eigenvalue weighted by molar-refractivity contribution is -0.151. The van der Waals surface area contributed by atoms with Gasteiger partial charge in [0, 0.05) is 19.3 Å². The molecule has 3 heterocycles. The van der Waals surface area contributed by atoms with Crippen molar-refractivity contribution in [2.45, 2.75) is 51.2 Å². The Morgan fingerprint density at radius 1 is 1.29 bits per heavy atom. The summed E-state index contributed by atoms with van der Waals surface area (Å²) in [5, 5.41) is 4.44. The van der Waals surface area contributed by atoms with E-state index in [1.807, 2.05) is 59.8 Å². The van der Waals surface area contributed by atoms with Crippen LogP contribution in [0.3, 0.4) is 0 Å². The molecule has 2 fully saturated rings. The summed E-state index contributed by atoms with van der Waals surface area (Å²) in [6, 6.07) is 11.9. The summed E-state index contributed by atoms with van der Waals surface area (Å²) in [6.45, 7) is 5.80. The van der Waals surface area contributed by atoms with E-state index in [1.54, 1.807) is 6.20 Å². The van der Waals surface area contributed by atoms with E-state index in [0.29, 0.717) is 26.3 Å². The summed E-state index contributed by atoms with van der Waals surface area (Å²) in [4.78, 5) is 15.0. The zero-order chi connectivity index (χ0) is 19.6. The normalized spacial score (nSPS) is 23.8. The van der Waals surface area contributed by atoms with Gasteiger partial charge in [0.25, 0.3) is 5.91 Å². The van der Waals surface area contributed by atoms with E-state index in [0.717, 1.165) is 24.2 Å². The van der Waals surface area contributed by atoms with E-state index in [1.165, 1.54) is 0 Å². The minimum Gasteiger partial charge on any atom is -0.368 e. The van der Waals surface area contributed by atoms with E-state index in [-0.39, 0.29) is 18.1 Å². The number of rotatable bonds is 6. The van der Waals surface area contributed by atoms with Crippen LogP contribution in [-0.2, 0) is 25.5 Å². The van der Waals surface area contributed by atoms with E-state index >= 15 is 0 Å². The average molecular weight is 385 g/mol. The Labute approximate surface area is 165 Å². The molecular weight excluding hydrogens is 358 g/mol. The van der Waals surface area contributed by atoms with E-state index in [9.17, 15) is 4.79 Å². The first-order valence-corrected chi connectivity index (χ1v) is 9.82. The monoisotopic (exact) mass is 385 g/mol. The number of amides is 1. The molecule has 2 aliphatic rings. The topological polar surface area (TPSA) is 65.8 Å². The molecule has 0 saturated carbocycles. The van der Waals surface area contributed by atoms with Crippen LogP contribution in [0.25, 0.3) is 5.69 Å². The third kappa shape index (κ3) is 4.27. The smallest absolute Gasteiger partial charge is 0.252 e. The Hall–Kier alpha value is -2.22. The van der Waals surface area contributed by atoms with Crippen molar-refractivity contribution in [1.29, 1.82) is 0 Å². The van der Waals surface area contributed by atoms with Crippen molar-refractivity contribution in [2.75, 3.05) is 19.8 Å². The van der Waals surface area contributed by atoms with Gasteiger partial charge in [-0.1, -0.05) is 18.2 Å². The highest BCUT2D eigenvalue weighted by molar-refractivity contribution is 5.81. The summed E-state index contributed by atoms with van der Waals surface area (Å²) >= 11 is 0. The molecular formula is C21H27N3O4. The second-order valence-electron chi connectivity index (χ2n) is 7.74. The number of carbonyl (C=O) groups excluding carboxylic acids is 1. The van der Waals surface area contributed by atoms with Crippen molar-refractivity contribution < 1.29 is 19.0 Å². The first-order valence-electron chi connectivity index (χ1n) is 9.82. The lowest BCUT2D eigenvalue weighted by Crippen LogP contribution is -2.43. The Morgan fingerprint density at radius 2 is 2.11 bits per heavy atom. The molecule has 2 atom stereocenters. The first kappa shape index (κ1) is 19.1. The maximum absolute atomic E-state index is 13.1. The molecule has 0 aliphatic carbocycles. The van der Waals surface area contributed by atoms with Gasteiger partial charge in [0.2, 0.25) is 0 Å². The highest BCUT2D eigenvalue weighted by atomic mass is 16.7. The summed E-state index contributed by atoms with van der Waals surface area (Å²) in [5.74, 6) is -0.610. The Bertz CT molecular complexity index is 799. The summed E-state index contributed by atoms with van der Waals surface area (Å²) < 4.78 is 19.1. The summed E-state index contributed by atoms with van der Waals surface area (Å²) in [5.41, 5.74) is 1.91. The maximum atomic E-state index is 13.1. The van der Waals surface area contributed by atoms with Crippen LogP contribution in [0.4, 0.5) is 0 Å². The zero-order valence-corrected chi connectivity index (χ0v) is 16.4. The van der Waals surface area contributed by atoms with Crippen molar-refractivity contribution in [2.24, 2.45) is 0 Å². The average Bonchev–Trinajstić information content (AvgIpc) is 3.43. The van der Waals surface area contributed by atoms with Crippen molar-refractivity contribution in [3.63, 3.8) is 0 Å². The highest BCUT2D eigenvalue weighted by Gasteiger charge is 2.36. The zero-order valence-electron chi connectivity index (χ0n) is 16.4. The van der Waals surface area contributed by atoms with Crippen LogP contribution in [-0.4, -0.2) is 58.3 Å². The predicted molar refractivity (Wildman–Crippen MR) is 103 cm³/mol. The molecule has 150 valence electrons. The van der Waals surface area contributed by atoms with Gasteiger partial charge in [0.05, 0.1) is 24.5 Å². The number of aromatic nitrogens is 2. The van der Waals surface area contributed by atoms with Gasteiger partial charge in [-0.2, -0.15) is 5.10 Å². The molecule has 1 aromatic carbocycles. The second-order valence-corrected chi connectivity index (χ2v) is 7.74. The fraction of sp³-hybridized carbons (Fsp3) is 0.524. The molecule has 1 amide bonds. The van der Waals surface area contributed by atoms with Crippen molar-refractivity contribution in [3.05, 3.63) is 48.3 Å². The van der Waals surface area contributed by atoms with Gasteiger partial charge in [0.1, 0.15) is 12.2 Å². The molecule has 7 nitrogen and oxygen atoms in total.